The average Bonchev–Trinajstić information content (AvgIpc) is 2.47. The van der Waals surface area contributed by atoms with Crippen LogP contribution in [-0.4, -0.2) is 26.6 Å². The highest BCUT2D eigenvalue weighted by atomic mass is 15.2. The molecule has 0 unspecified atom stereocenters. The van der Waals surface area contributed by atoms with E-state index in [1.807, 2.05) is 23.8 Å². The highest BCUT2D eigenvalue weighted by molar-refractivity contribution is 5.27. The Labute approximate surface area is 69.5 Å². The summed E-state index contributed by atoms with van der Waals surface area (Å²) >= 11 is 0. The number of imidazole rings is 1. The fourth-order valence-electron chi connectivity index (χ4n) is 1.07. The maximum atomic E-state index is 4.23. The Balaban J connectivity index is 2.47. The largest absolute Gasteiger partial charge is 0.314 e. The predicted octanol–water partition coefficient (Wildman–Crippen LogP) is -0.156. The van der Waals surface area contributed by atoms with E-state index in [1.165, 1.54) is 0 Å². The van der Waals surface area contributed by atoms with Crippen LogP contribution in [-0.2, 0) is 6.54 Å². The standard InChI is InChI=1S/C7H9N5/c1-8-4-6-5-12-3-2-9-11-7(12)10-6/h2-3,5,8H,4H2,1H3. The van der Waals surface area contributed by atoms with Gasteiger partial charge in [0.25, 0.3) is 5.78 Å². The quantitative estimate of drug-likeness (QED) is 0.668. The van der Waals surface area contributed by atoms with Gasteiger partial charge in [0.05, 0.1) is 11.9 Å². The SMILES string of the molecule is CNCc1cn2ccnnc2n1. The lowest BCUT2D eigenvalue weighted by molar-refractivity contribution is 0.797. The van der Waals surface area contributed by atoms with Crippen LogP contribution in [0.2, 0.25) is 0 Å². The minimum atomic E-state index is 0.641. The molecule has 0 aromatic carbocycles. The van der Waals surface area contributed by atoms with E-state index in [9.17, 15) is 0 Å². The zero-order valence-electron chi connectivity index (χ0n) is 6.73. The zero-order chi connectivity index (χ0) is 8.39. The first-order valence-electron chi connectivity index (χ1n) is 3.70. The van der Waals surface area contributed by atoms with Crippen molar-refractivity contribution in [1.82, 2.24) is 24.9 Å². The van der Waals surface area contributed by atoms with E-state index >= 15 is 0 Å². The third kappa shape index (κ3) is 1.14. The molecule has 0 spiro atoms. The normalized spacial score (nSPS) is 10.8. The fraction of sp³-hybridized carbons (Fsp3) is 0.286. The van der Waals surface area contributed by atoms with E-state index in [0.29, 0.717) is 5.78 Å². The van der Waals surface area contributed by atoms with E-state index in [4.69, 9.17) is 0 Å². The molecule has 2 aromatic rings. The number of nitrogens with one attached hydrogen (secondary N) is 1. The molecule has 1 N–H and O–H groups in total. The van der Waals surface area contributed by atoms with Crippen molar-refractivity contribution >= 4 is 5.78 Å². The number of aromatic nitrogens is 4. The molecule has 0 saturated heterocycles. The molecule has 2 heterocycles. The molecular weight excluding hydrogens is 154 g/mol. The second-order valence-electron chi connectivity index (χ2n) is 2.48. The van der Waals surface area contributed by atoms with E-state index in [0.717, 1.165) is 12.2 Å². The highest BCUT2D eigenvalue weighted by Gasteiger charge is 1.99. The molecule has 0 fully saturated rings. The molecule has 0 radical (unpaired) electrons. The average molecular weight is 163 g/mol. The van der Waals surface area contributed by atoms with Gasteiger partial charge < -0.3 is 5.32 Å². The molecule has 0 aliphatic heterocycles. The first-order valence-corrected chi connectivity index (χ1v) is 3.70. The van der Waals surface area contributed by atoms with E-state index in [1.54, 1.807) is 6.20 Å². The molecule has 2 rings (SSSR count). The highest BCUT2D eigenvalue weighted by Crippen LogP contribution is 1.99. The van der Waals surface area contributed by atoms with Gasteiger partial charge in [0, 0.05) is 18.9 Å². The Morgan fingerprint density at radius 1 is 1.58 bits per heavy atom. The van der Waals surface area contributed by atoms with Crippen molar-refractivity contribution in [1.29, 1.82) is 0 Å². The lowest BCUT2D eigenvalue weighted by Crippen LogP contribution is -2.04. The molecule has 0 bridgehead atoms. The van der Waals surface area contributed by atoms with E-state index in [2.05, 4.69) is 20.5 Å². The van der Waals surface area contributed by atoms with Gasteiger partial charge in [-0.25, -0.2) is 4.98 Å². The summed E-state index contributed by atoms with van der Waals surface area (Å²) in [7, 11) is 1.88. The van der Waals surface area contributed by atoms with Gasteiger partial charge in [-0.05, 0) is 7.05 Å². The van der Waals surface area contributed by atoms with Gasteiger partial charge in [-0.1, -0.05) is 0 Å². The second-order valence-corrected chi connectivity index (χ2v) is 2.48. The van der Waals surface area contributed by atoms with Crippen molar-refractivity contribution in [3.63, 3.8) is 0 Å². The summed E-state index contributed by atoms with van der Waals surface area (Å²) in [6.45, 7) is 0.753. The zero-order valence-corrected chi connectivity index (χ0v) is 6.73. The molecule has 0 aliphatic rings. The van der Waals surface area contributed by atoms with Gasteiger partial charge in [0.15, 0.2) is 0 Å². The lowest BCUT2D eigenvalue weighted by Gasteiger charge is -1.88. The maximum Gasteiger partial charge on any atom is 0.253 e. The Morgan fingerprint density at radius 2 is 2.50 bits per heavy atom. The van der Waals surface area contributed by atoms with Crippen LogP contribution in [0.5, 0.6) is 0 Å². The van der Waals surface area contributed by atoms with Crippen molar-refractivity contribution in [2.75, 3.05) is 7.05 Å². The Morgan fingerprint density at radius 3 is 3.25 bits per heavy atom. The van der Waals surface area contributed by atoms with Crippen molar-refractivity contribution in [2.24, 2.45) is 0 Å². The van der Waals surface area contributed by atoms with Gasteiger partial charge in [-0.3, -0.25) is 4.40 Å². The first kappa shape index (κ1) is 7.17. The number of hydrogen-bond acceptors (Lipinski definition) is 4. The molecule has 2 aromatic heterocycles. The smallest absolute Gasteiger partial charge is 0.253 e. The fourth-order valence-corrected chi connectivity index (χ4v) is 1.07. The minimum absolute atomic E-state index is 0.641. The Bertz CT molecular complexity index is 347. The number of nitrogens with zero attached hydrogens (tertiary/aromatic N) is 4. The summed E-state index contributed by atoms with van der Waals surface area (Å²) in [4.78, 5) is 4.23. The molecule has 12 heavy (non-hydrogen) atoms. The van der Waals surface area contributed by atoms with Crippen LogP contribution in [0, 0.1) is 0 Å². The van der Waals surface area contributed by atoms with E-state index < -0.39 is 0 Å². The topological polar surface area (TPSA) is 55.1 Å². The van der Waals surface area contributed by atoms with Crippen molar-refractivity contribution in [3.8, 4) is 0 Å². The van der Waals surface area contributed by atoms with E-state index in [-0.39, 0.29) is 0 Å². The predicted molar refractivity (Wildman–Crippen MR) is 43.5 cm³/mol. The first-order chi connectivity index (χ1) is 5.90. The van der Waals surface area contributed by atoms with Crippen LogP contribution in [0.25, 0.3) is 5.78 Å². The second kappa shape index (κ2) is 2.86. The number of hydrogen-bond donors (Lipinski definition) is 1. The van der Waals surface area contributed by atoms with Crippen LogP contribution < -0.4 is 5.32 Å². The summed E-state index contributed by atoms with van der Waals surface area (Å²) in [5.74, 6) is 0.641. The van der Waals surface area contributed by atoms with Gasteiger partial charge in [-0.2, -0.15) is 5.10 Å². The van der Waals surface area contributed by atoms with Gasteiger partial charge in [0.1, 0.15) is 0 Å². The maximum absolute atomic E-state index is 4.23. The van der Waals surface area contributed by atoms with Crippen molar-refractivity contribution < 1.29 is 0 Å². The monoisotopic (exact) mass is 163 g/mol. The number of fused-ring (bicyclic) bond motifs is 1. The van der Waals surface area contributed by atoms with Crippen molar-refractivity contribution in [2.45, 2.75) is 6.54 Å². The van der Waals surface area contributed by atoms with Crippen LogP contribution in [0.3, 0.4) is 0 Å². The summed E-state index contributed by atoms with van der Waals surface area (Å²) < 4.78 is 1.85. The summed E-state index contributed by atoms with van der Waals surface area (Å²) in [5.41, 5.74) is 0.970. The Hall–Kier alpha value is -1.49. The van der Waals surface area contributed by atoms with Crippen LogP contribution >= 0.6 is 0 Å². The molecule has 5 nitrogen and oxygen atoms in total. The molecule has 0 saturated carbocycles. The van der Waals surface area contributed by atoms with Gasteiger partial charge in [-0.15, -0.1) is 5.10 Å². The molecule has 0 aliphatic carbocycles. The van der Waals surface area contributed by atoms with Gasteiger partial charge in [0.2, 0.25) is 0 Å². The minimum Gasteiger partial charge on any atom is -0.314 e. The summed E-state index contributed by atoms with van der Waals surface area (Å²) in [6.07, 6.45) is 5.40. The molecular formula is C7H9N5. The third-order valence-electron chi connectivity index (χ3n) is 1.56. The molecule has 0 amide bonds. The molecule has 0 atom stereocenters. The molecule has 62 valence electrons. The summed E-state index contributed by atoms with van der Waals surface area (Å²) in [6, 6.07) is 0. The van der Waals surface area contributed by atoms with Crippen LogP contribution in [0.15, 0.2) is 18.6 Å². The molecule has 5 heteroatoms. The lowest BCUT2D eigenvalue weighted by atomic mass is 10.5. The van der Waals surface area contributed by atoms with Gasteiger partial charge >= 0.3 is 0 Å². The third-order valence-corrected chi connectivity index (χ3v) is 1.56. The number of rotatable bonds is 2. The van der Waals surface area contributed by atoms with Crippen molar-refractivity contribution in [3.05, 3.63) is 24.3 Å². The van der Waals surface area contributed by atoms with Crippen LogP contribution in [0.4, 0.5) is 0 Å². The Kier molecular flexibility index (Phi) is 1.71. The summed E-state index contributed by atoms with van der Waals surface area (Å²) in [5, 5.41) is 10.6. The van der Waals surface area contributed by atoms with Crippen LogP contribution in [0.1, 0.15) is 5.69 Å².